The highest BCUT2D eigenvalue weighted by Gasteiger charge is 2.18. The van der Waals surface area contributed by atoms with Crippen molar-refractivity contribution < 1.29 is 9.66 Å². The summed E-state index contributed by atoms with van der Waals surface area (Å²) < 4.78 is 6.36. The second-order valence-electron chi connectivity index (χ2n) is 3.82. The van der Waals surface area contributed by atoms with E-state index < -0.39 is 4.92 Å². The fourth-order valence-corrected chi connectivity index (χ4v) is 1.76. The third-order valence-electron chi connectivity index (χ3n) is 2.54. The maximum atomic E-state index is 11.1. The van der Waals surface area contributed by atoms with E-state index in [1.54, 1.807) is 18.3 Å². The first-order chi connectivity index (χ1) is 9.02. The molecule has 0 amide bonds. The topological polar surface area (TPSA) is 83.1 Å². The Morgan fingerprint density at radius 2 is 2.26 bits per heavy atom. The molecule has 1 unspecified atom stereocenters. The fourth-order valence-electron chi connectivity index (χ4n) is 1.55. The maximum Gasteiger partial charge on any atom is 0.298 e. The van der Waals surface area contributed by atoms with Gasteiger partial charge in [-0.3, -0.25) is 10.1 Å². The predicted octanol–water partition coefficient (Wildman–Crippen LogP) is 2.64. The molecule has 1 heterocycles. The summed E-state index contributed by atoms with van der Waals surface area (Å²) in [6, 6.07) is 4.57. The molecule has 0 fully saturated rings. The average Bonchev–Trinajstić information content (AvgIpc) is 2.87. The summed E-state index contributed by atoms with van der Waals surface area (Å²) in [5, 5.41) is 18.9. The van der Waals surface area contributed by atoms with Gasteiger partial charge in [0.25, 0.3) is 5.69 Å². The van der Waals surface area contributed by atoms with Crippen molar-refractivity contribution in [3.8, 4) is 11.4 Å². The molecule has 0 aliphatic heterocycles. The molecule has 2 aromatic rings. The molecule has 0 bridgehead atoms. The van der Waals surface area contributed by atoms with Crippen LogP contribution in [-0.4, -0.2) is 27.0 Å². The SMILES string of the molecule is COc1ccc(-n2cc(C(C)Br)nn2)c([N+](=O)[O-])c1. The van der Waals surface area contributed by atoms with Crippen LogP contribution in [0.5, 0.6) is 5.75 Å². The van der Waals surface area contributed by atoms with Gasteiger partial charge in [0.1, 0.15) is 11.4 Å². The summed E-state index contributed by atoms with van der Waals surface area (Å²) in [5.41, 5.74) is 0.959. The van der Waals surface area contributed by atoms with E-state index in [1.807, 2.05) is 6.92 Å². The molecule has 0 saturated heterocycles. The zero-order valence-corrected chi connectivity index (χ0v) is 11.9. The minimum absolute atomic E-state index is 0.0264. The lowest BCUT2D eigenvalue weighted by Gasteiger charge is -2.04. The number of nitro groups is 1. The largest absolute Gasteiger partial charge is 0.496 e. The first-order valence-corrected chi connectivity index (χ1v) is 6.33. The van der Waals surface area contributed by atoms with E-state index in [0.29, 0.717) is 17.1 Å². The molecular formula is C11H11BrN4O3. The van der Waals surface area contributed by atoms with Gasteiger partial charge < -0.3 is 4.74 Å². The lowest BCUT2D eigenvalue weighted by atomic mass is 10.2. The minimum atomic E-state index is -0.475. The van der Waals surface area contributed by atoms with Crippen LogP contribution < -0.4 is 4.74 Å². The van der Waals surface area contributed by atoms with E-state index >= 15 is 0 Å². The molecule has 0 radical (unpaired) electrons. The Bertz CT molecular complexity index is 612. The summed E-state index contributed by atoms with van der Waals surface area (Å²) in [5.74, 6) is 0.421. The van der Waals surface area contributed by atoms with Crippen molar-refractivity contribution in [1.82, 2.24) is 15.0 Å². The lowest BCUT2D eigenvalue weighted by Crippen LogP contribution is -2.01. The predicted molar refractivity (Wildman–Crippen MR) is 71.9 cm³/mol. The number of aromatic nitrogens is 3. The van der Waals surface area contributed by atoms with E-state index in [4.69, 9.17) is 4.74 Å². The molecule has 19 heavy (non-hydrogen) atoms. The highest BCUT2D eigenvalue weighted by molar-refractivity contribution is 9.09. The Balaban J connectivity index is 2.51. The van der Waals surface area contributed by atoms with E-state index in [2.05, 4.69) is 26.2 Å². The van der Waals surface area contributed by atoms with Gasteiger partial charge in [0.15, 0.2) is 0 Å². The molecule has 0 aliphatic carbocycles. The Kier molecular flexibility index (Phi) is 3.79. The number of ether oxygens (including phenoxy) is 1. The van der Waals surface area contributed by atoms with Crippen LogP contribution in [0.25, 0.3) is 5.69 Å². The molecule has 2 rings (SSSR count). The van der Waals surface area contributed by atoms with Gasteiger partial charge in [0.2, 0.25) is 0 Å². The Hall–Kier alpha value is -1.96. The van der Waals surface area contributed by atoms with Crippen LogP contribution in [0, 0.1) is 10.1 Å². The van der Waals surface area contributed by atoms with Crippen molar-refractivity contribution in [1.29, 1.82) is 0 Å². The van der Waals surface area contributed by atoms with E-state index in [0.717, 1.165) is 0 Å². The van der Waals surface area contributed by atoms with E-state index in [9.17, 15) is 10.1 Å². The van der Waals surface area contributed by atoms with Crippen molar-refractivity contribution in [2.75, 3.05) is 7.11 Å². The van der Waals surface area contributed by atoms with Gasteiger partial charge in [0, 0.05) is 0 Å². The third kappa shape index (κ3) is 2.73. The molecule has 1 aromatic heterocycles. The third-order valence-corrected chi connectivity index (χ3v) is 3.01. The molecular weight excluding hydrogens is 316 g/mol. The minimum Gasteiger partial charge on any atom is -0.496 e. The lowest BCUT2D eigenvalue weighted by molar-refractivity contribution is -0.384. The van der Waals surface area contributed by atoms with Crippen LogP contribution >= 0.6 is 15.9 Å². The smallest absolute Gasteiger partial charge is 0.298 e. The van der Waals surface area contributed by atoms with Crippen molar-refractivity contribution in [3.63, 3.8) is 0 Å². The number of nitro benzene ring substituents is 1. The van der Waals surface area contributed by atoms with Crippen LogP contribution in [-0.2, 0) is 0 Å². The number of nitrogens with zero attached hydrogens (tertiary/aromatic N) is 4. The zero-order chi connectivity index (χ0) is 14.0. The average molecular weight is 327 g/mol. The second-order valence-corrected chi connectivity index (χ2v) is 5.19. The highest BCUT2D eigenvalue weighted by atomic mass is 79.9. The number of methoxy groups -OCH3 is 1. The van der Waals surface area contributed by atoms with Gasteiger partial charge in [-0.2, -0.15) is 0 Å². The molecule has 100 valence electrons. The van der Waals surface area contributed by atoms with Gasteiger partial charge in [-0.25, -0.2) is 4.68 Å². The summed E-state index contributed by atoms with van der Waals surface area (Å²) in [4.78, 5) is 10.6. The maximum absolute atomic E-state index is 11.1. The number of alkyl halides is 1. The fraction of sp³-hybridized carbons (Fsp3) is 0.273. The number of hydrogen-bond acceptors (Lipinski definition) is 5. The van der Waals surface area contributed by atoms with Crippen LogP contribution in [0.3, 0.4) is 0 Å². The molecule has 0 spiro atoms. The van der Waals surface area contributed by atoms with Crippen molar-refractivity contribution in [2.24, 2.45) is 0 Å². The van der Waals surface area contributed by atoms with Crippen molar-refractivity contribution in [2.45, 2.75) is 11.8 Å². The van der Waals surface area contributed by atoms with Gasteiger partial charge in [-0.05, 0) is 19.1 Å². The van der Waals surface area contributed by atoms with Gasteiger partial charge >= 0.3 is 0 Å². The normalized spacial score (nSPS) is 12.2. The quantitative estimate of drug-likeness (QED) is 0.490. The standard InChI is InChI=1S/C11H11BrN4O3/c1-7(12)9-6-15(14-13-9)10-4-3-8(19-2)5-11(10)16(17)18/h3-7H,1-2H3. The van der Waals surface area contributed by atoms with Crippen LogP contribution in [0.15, 0.2) is 24.4 Å². The highest BCUT2D eigenvalue weighted by Crippen LogP contribution is 2.28. The van der Waals surface area contributed by atoms with Crippen LogP contribution in [0.1, 0.15) is 17.4 Å². The second kappa shape index (κ2) is 5.35. The van der Waals surface area contributed by atoms with Crippen molar-refractivity contribution >= 4 is 21.6 Å². The van der Waals surface area contributed by atoms with E-state index in [1.165, 1.54) is 17.9 Å². The molecule has 1 aromatic carbocycles. The molecule has 1 atom stereocenters. The van der Waals surface area contributed by atoms with Gasteiger partial charge in [-0.15, -0.1) is 5.10 Å². The van der Waals surface area contributed by atoms with Gasteiger partial charge in [0.05, 0.1) is 34.8 Å². The Morgan fingerprint density at radius 3 is 2.79 bits per heavy atom. The first-order valence-electron chi connectivity index (χ1n) is 5.42. The summed E-state index contributed by atoms with van der Waals surface area (Å²) in [6.07, 6.45) is 1.65. The van der Waals surface area contributed by atoms with Gasteiger partial charge in [-0.1, -0.05) is 21.1 Å². The van der Waals surface area contributed by atoms with Crippen LogP contribution in [0.2, 0.25) is 0 Å². The zero-order valence-electron chi connectivity index (χ0n) is 10.3. The first kappa shape index (κ1) is 13.5. The molecule has 0 aliphatic rings. The summed E-state index contributed by atoms with van der Waals surface area (Å²) in [7, 11) is 1.46. The molecule has 7 nitrogen and oxygen atoms in total. The summed E-state index contributed by atoms with van der Waals surface area (Å²) in [6.45, 7) is 1.90. The van der Waals surface area contributed by atoms with Crippen molar-refractivity contribution in [3.05, 3.63) is 40.2 Å². The molecule has 0 N–H and O–H groups in total. The summed E-state index contributed by atoms with van der Waals surface area (Å²) >= 11 is 3.37. The molecule has 0 saturated carbocycles. The van der Waals surface area contributed by atoms with E-state index in [-0.39, 0.29) is 10.5 Å². The number of hydrogen-bond donors (Lipinski definition) is 0. The Morgan fingerprint density at radius 1 is 1.53 bits per heavy atom. The van der Waals surface area contributed by atoms with Crippen LogP contribution in [0.4, 0.5) is 5.69 Å². The number of benzene rings is 1. The number of rotatable bonds is 4. The molecule has 8 heteroatoms. The Labute approximate surface area is 117 Å². The monoisotopic (exact) mass is 326 g/mol. The number of halogens is 1.